The minimum atomic E-state index is -0.410. The van der Waals surface area contributed by atoms with E-state index in [1.165, 1.54) is 16.5 Å². The first kappa shape index (κ1) is 13.1. The molecule has 6 nitrogen and oxygen atoms in total. The van der Waals surface area contributed by atoms with E-state index in [-0.39, 0.29) is 12.0 Å². The fraction of sp³-hybridized carbons (Fsp3) is 0.312. The largest absolute Gasteiger partial charge is 0.361 e. The molecule has 2 heterocycles. The van der Waals surface area contributed by atoms with Gasteiger partial charge in [0.15, 0.2) is 0 Å². The Bertz CT molecular complexity index is 859. The normalized spacial score (nSPS) is 23.6. The van der Waals surface area contributed by atoms with E-state index in [0.29, 0.717) is 6.54 Å². The summed E-state index contributed by atoms with van der Waals surface area (Å²) in [5, 5.41) is 4.51. The van der Waals surface area contributed by atoms with Gasteiger partial charge in [-0.2, -0.15) is 0 Å². The zero-order valence-corrected chi connectivity index (χ0v) is 12.2. The predicted molar refractivity (Wildman–Crippen MR) is 84.0 cm³/mol. The van der Waals surface area contributed by atoms with Gasteiger partial charge in [0, 0.05) is 34.6 Å². The van der Waals surface area contributed by atoms with Crippen molar-refractivity contribution in [3.05, 3.63) is 52.0 Å². The molecule has 1 N–H and O–H groups in total. The van der Waals surface area contributed by atoms with Gasteiger partial charge in [-0.3, -0.25) is 9.69 Å². The summed E-state index contributed by atoms with van der Waals surface area (Å²) >= 11 is 0. The Morgan fingerprint density at radius 2 is 2.36 bits per heavy atom. The summed E-state index contributed by atoms with van der Waals surface area (Å²) in [7, 11) is 2.02. The highest BCUT2D eigenvalue weighted by Crippen LogP contribution is 2.40. The molecule has 6 heteroatoms. The second-order valence-electron chi connectivity index (χ2n) is 5.96. The van der Waals surface area contributed by atoms with Crippen molar-refractivity contribution in [1.29, 1.82) is 0 Å². The van der Waals surface area contributed by atoms with Crippen LogP contribution in [0.2, 0.25) is 0 Å². The van der Waals surface area contributed by atoms with Crippen molar-refractivity contribution in [2.45, 2.75) is 12.5 Å². The first-order chi connectivity index (χ1) is 10.7. The molecule has 4 rings (SSSR count). The summed E-state index contributed by atoms with van der Waals surface area (Å²) in [4.78, 5) is 20.1. The molecule has 0 radical (unpaired) electrons. The van der Waals surface area contributed by atoms with Crippen LogP contribution in [-0.2, 0) is 11.2 Å². The van der Waals surface area contributed by atoms with E-state index in [0.717, 1.165) is 17.5 Å². The van der Waals surface area contributed by atoms with Gasteiger partial charge in [-0.25, -0.2) is 0 Å². The van der Waals surface area contributed by atoms with Crippen molar-refractivity contribution in [1.82, 2.24) is 9.88 Å². The van der Waals surface area contributed by atoms with Crippen LogP contribution in [0.15, 0.2) is 35.6 Å². The van der Waals surface area contributed by atoms with E-state index >= 15 is 0 Å². The molecule has 1 amide bonds. The summed E-state index contributed by atoms with van der Waals surface area (Å²) in [5.41, 5.74) is 13.3. The van der Waals surface area contributed by atoms with Crippen LogP contribution in [0.4, 0.5) is 0 Å². The monoisotopic (exact) mass is 293 g/mol. The smallest absolute Gasteiger partial charge is 0.227 e. The van der Waals surface area contributed by atoms with E-state index < -0.39 is 5.91 Å². The number of hydrogen-bond donors (Lipinski definition) is 1. The molecule has 1 aliphatic carbocycles. The molecule has 22 heavy (non-hydrogen) atoms. The fourth-order valence-electron chi connectivity index (χ4n) is 3.72. The fourth-order valence-corrected chi connectivity index (χ4v) is 3.72. The van der Waals surface area contributed by atoms with Gasteiger partial charge in [-0.05, 0) is 46.9 Å². The molecule has 1 aromatic carbocycles. The number of carbonyl (C=O) groups excluding carboxylic acids is 1. The van der Waals surface area contributed by atoms with Gasteiger partial charge in [0.25, 0.3) is 0 Å². The Morgan fingerprint density at radius 1 is 1.50 bits per heavy atom. The van der Waals surface area contributed by atoms with Crippen LogP contribution in [0.5, 0.6) is 0 Å². The van der Waals surface area contributed by atoms with Crippen LogP contribution in [0.3, 0.4) is 0 Å². The number of nitrogens with one attached hydrogen (secondary N) is 1. The highest BCUT2D eigenvalue weighted by molar-refractivity contribution is 5.99. The molecule has 0 fully saturated rings. The Kier molecular flexibility index (Phi) is 2.82. The van der Waals surface area contributed by atoms with Crippen LogP contribution in [0, 0.1) is 5.92 Å². The second kappa shape index (κ2) is 4.73. The molecule has 2 aromatic rings. The summed E-state index contributed by atoms with van der Waals surface area (Å²) in [6.45, 7) is 0.585. The maximum absolute atomic E-state index is 12.0. The Morgan fingerprint density at radius 3 is 3.18 bits per heavy atom. The van der Waals surface area contributed by atoms with E-state index in [9.17, 15) is 4.79 Å². The van der Waals surface area contributed by atoms with Crippen molar-refractivity contribution in [3.63, 3.8) is 0 Å². The Labute approximate surface area is 127 Å². The number of aromatic nitrogens is 1. The molecular formula is C16H15N5O. The summed E-state index contributed by atoms with van der Waals surface area (Å²) in [6.07, 6.45) is 5.00. The molecule has 1 aliphatic heterocycles. The van der Waals surface area contributed by atoms with E-state index in [2.05, 4.69) is 38.2 Å². The van der Waals surface area contributed by atoms with Crippen molar-refractivity contribution < 1.29 is 4.79 Å². The number of fused-ring (bicyclic) bond motifs is 2. The van der Waals surface area contributed by atoms with Gasteiger partial charge < -0.3 is 4.98 Å². The Balaban J connectivity index is 1.89. The third-order valence-corrected chi connectivity index (χ3v) is 4.73. The molecule has 0 bridgehead atoms. The Hall–Kier alpha value is -2.56. The lowest BCUT2D eigenvalue weighted by atomic mass is 9.80. The molecule has 1 aromatic heterocycles. The minimum Gasteiger partial charge on any atom is -0.361 e. The third kappa shape index (κ3) is 1.78. The quantitative estimate of drug-likeness (QED) is 0.498. The van der Waals surface area contributed by atoms with E-state index in [1.807, 2.05) is 19.2 Å². The number of benzene rings is 1. The first-order valence-electron chi connectivity index (χ1n) is 7.29. The lowest BCUT2D eigenvalue weighted by Gasteiger charge is -2.39. The predicted octanol–water partition coefficient (Wildman–Crippen LogP) is 2.87. The molecule has 2 aliphatic rings. The number of aromatic amines is 1. The number of nitrogens with zero attached hydrogens (tertiary/aromatic N) is 4. The van der Waals surface area contributed by atoms with Gasteiger partial charge in [-0.1, -0.05) is 18.2 Å². The van der Waals surface area contributed by atoms with Gasteiger partial charge in [0.1, 0.15) is 0 Å². The number of amides is 1. The van der Waals surface area contributed by atoms with Crippen LogP contribution in [-0.4, -0.2) is 35.4 Å². The standard InChI is InChI=1S/C16H15N5O/c1-21-8-10(16(22)19-20-17)5-12-11-3-2-4-13-15(11)9(7-18-13)6-14(12)21/h2-5,7,10,14,18H,6,8H2,1H3/t10-,14-/m1/s1. The number of H-pyrrole nitrogens is 1. The van der Waals surface area contributed by atoms with Crippen molar-refractivity contribution in [2.24, 2.45) is 11.0 Å². The maximum atomic E-state index is 12.0. The summed E-state index contributed by atoms with van der Waals surface area (Å²) < 4.78 is 0. The van der Waals surface area contributed by atoms with Gasteiger partial charge in [-0.15, -0.1) is 0 Å². The SMILES string of the molecule is CN1C[C@H](C(=O)N=[N+]=[N-])C=C2c3cccc4[nH]cc(c34)C[C@H]21. The van der Waals surface area contributed by atoms with Crippen LogP contribution >= 0.6 is 0 Å². The number of carbonyl (C=O) groups is 1. The number of likely N-dealkylation sites (N-methyl/N-ethyl adjacent to an activating group) is 1. The average molecular weight is 293 g/mol. The van der Waals surface area contributed by atoms with Gasteiger partial charge >= 0.3 is 0 Å². The number of azide groups is 1. The zero-order chi connectivity index (χ0) is 15.3. The van der Waals surface area contributed by atoms with Gasteiger partial charge in [0.2, 0.25) is 5.91 Å². The first-order valence-corrected chi connectivity index (χ1v) is 7.29. The van der Waals surface area contributed by atoms with Crippen LogP contribution in [0.1, 0.15) is 11.1 Å². The lowest BCUT2D eigenvalue weighted by molar-refractivity contribution is -0.121. The summed E-state index contributed by atoms with van der Waals surface area (Å²) in [5.74, 6) is -0.782. The van der Waals surface area contributed by atoms with Crippen LogP contribution < -0.4 is 0 Å². The molecular weight excluding hydrogens is 278 g/mol. The average Bonchev–Trinajstić information content (AvgIpc) is 2.93. The van der Waals surface area contributed by atoms with Crippen LogP contribution in [0.25, 0.3) is 26.9 Å². The van der Waals surface area contributed by atoms with Gasteiger partial charge in [0.05, 0.1) is 5.92 Å². The molecule has 0 spiro atoms. The molecule has 110 valence electrons. The second-order valence-corrected chi connectivity index (χ2v) is 5.96. The number of rotatable bonds is 1. The molecule has 2 atom stereocenters. The molecule has 0 saturated carbocycles. The highest BCUT2D eigenvalue weighted by atomic mass is 16.1. The topological polar surface area (TPSA) is 84.9 Å². The molecule has 0 unspecified atom stereocenters. The highest BCUT2D eigenvalue weighted by Gasteiger charge is 2.35. The lowest BCUT2D eigenvalue weighted by Crippen LogP contribution is -2.44. The van der Waals surface area contributed by atoms with E-state index in [1.54, 1.807) is 0 Å². The summed E-state index contributed by atoms with van der Waals surface area (Å²) in [6, 6.07) is 6.47. The zero-order valence-electron chi connectivity index (χ0n) is 12.2. The third-order valence-electron chi connectivity index (χ3n) is 4.73. The van der Waals surface area contributed by atoms with Crippen molar-refractivity contribution in [3.8, 4) is 0 Å². The van der Waals surface area contributed by atoms with E-state index in [4.69, 9.17) is 5.53 Å². The maximum Gasteiger partial charge on any atom is 0.227 e. The molecule has 0 saturated heterocycles. The van der Waals surface area contributed by atoms with Crippen molar-refractivity contribution in [2.75, 3.05) is 13.6 Å². The number of hydrogen-bond acceptors (Lipinski definition) is 2. The van der Waals surface area contributed by atoms with Crippen molar-refractivity contribution >= 4 is 22.4 Å². The minimum absolute atomic E-state index is 0.268.